The quantitative estimate of drug-likeness (QED) is 0.761. The number of likely N-dealkylation sites (N-methyl/N-ethyl adjacent to an activating group) is 1. The SMILES string of the molecule is CCNS(=O)(=O)c1ccc(NCC(c2ccco2)N(C)C)nc1. The van der Waals surface area contributed by atoms with Gasteiger partial charge < -0.3 is 9.73 Å². The van der Waals surface area contributed by atoms with Crippen LogP contribution in [0, 0.1) is 0 Å². The molecule has 2 aromatic rings. The highest BCUT2D eigenvalue weighted by atomic mass is 32.2. The van der Waals surface area contributed by atoms with Crippen LogP contribution in [-0.2, 0) is 10.0 Å². The van der Waals surface area contributed by atoms with Gasteiger partial charge in [-0.3, -0.25) is 4.90 Å². The molecule has 0 aliphatic carbocycles. The second kappa shape index (κ2) is 7.58. The summed E-state index contributed by atoms with van der Waals surface area (Å²) in [6, 6.07) is 7.01. The minimum atomic E-state index is -3.47. The van der Waals surface area contributed by atoms with Crippen molar-refractivity contribution in [3.63, 3.8) is 0 Å². The first-order chi connectivity index (χ1) is 10.9. The van der Waals surface area contributed by atoms with Crippen molar-refractivity contribution in [2.24, 2.45) is 0 Å². The highest BCUT2D eigenvalue weighted by molar-refractivity contribution is 7.89. The van der Waals surface area contributed by atoms with E-state index in [-0.39, 0.29) is 10.9 Å². The molecule has 0 saturated heterocycles. The third-order valence-electron chi connectivity index (χ3n) is 3.35. The fraction of sp³-hybridized carbons (Fsp3) is 0.400. The van der Waals surface area contributed by atoms with Gasteiger partial charge in [-0.25, -0.2) is 18.1 Å². The summed E-state index contributed by atoms with van der Waals surface area (Å²) in [5.74, 6) is 1.47. The Bertz CT molecular complexity index is 697. The van der Waals surface area contributed by atoms with E-state index >= 15 is 0 Å². The number of sulfonamides is 1. The van der Waals surface area contributed by atoms with Gasteiger partial charge in [-0.1, -0.05) is 6.92 Å². The first kappa shape index (κ1) is 17.5. The van der Waals surface area contributed by atoms with Gasteiger partial charge in [0.25, 0.3) is 0 Å². The summed E-state index contributed by atoms with van der Waals surface area (Å²) in [7, 11) is 0.463. The van der Waals surface area contributed by atoms with E-state index in [9.17, 15) is 8.42 Å². The van der Waals surface area contributed by atoms with E-state index < -0.39 is 10.0 Å². The lowest BCUT2D eigenvalue weighted by Gasteiger charge is -2.22. The lowest BCUT2D eigenvalue weighted by molar-refractivity contribution is 0.269. The van der Waals surface area contributed by atoms with Gasteiger partial charge in [0.15, 0.2) is 0 Å². The summed E-state index contributed by atoms with van der Waals surface area (Å²) in [6.45, 7) is 2.67. The molecule has 1 unspecified atom stereocenters. The molecule has 0 aliphatic rings. The summed E-state index contributed by atoms with van der Waals surface area (Å²) in [4.78, 5) is 6.35. The molecule has 23 heavy (non-hydrogen) atoms. The number of furan rings is 1. The zero-order valence-corrected chi connectivity index (χ0v) is 14.3. The molecule has 126 valence electrons. The van der Waals surface area contributed by atoms with E-state index in [0.717, 1.165) is 5.76 Å². The lowest BCUT2D eigenvalue weighted by atomic mass is 10.2. The largest absolute Gasteiger partial charge is 0.468 e. The van der Waals surface area contributed by atoms with Crippen LogP contribution in [0.25, 0.3) is 0 Å². The molecule has 2 rings (SSSR count). The second-order valence-electron chi connectivity index (χ2n) is 5.26. The number of aromatic nitrogens is 1. The molecule has 2 N–H and O–H groups in total. The average molecular weight is 338 g/mol. The number of pyridine rings is 1. The van der Waals surface area contributed by atoms with E-state index in [0.29, 0.717) is 18.9 Å². The fourth-order valence-electron chi connectivity index (χ4n) is 2.14. The average Bonchev–Trinajstić information content (AvgIpc) is 3.01. The summed E-state index contributed by atoms with van der Waals surface area (Å²) < 4.78 is 31.6. The van der Waals surface area contributed by atoms with Gasteiger partial charge >= 0.3 is 0 Å². The van der Waals surface area contributed by atoms with Crippen molar-refractivity contribution in [1.82, 2.24) is 14.6 Å². The summed E-state index contributed by atoms with van der Waals surface area (Å²) in [5.41, 5.74) is 0. The van der Waals surface area contributed by atoms with E-state index in [1.54, 1.807) is 19.3 Å². The van der Waals surface area contributed by atoms with Crippen LogP contribution in [0.15, 0.2) is 46.0 Å². The Labute approximate surface area is 136 Å². The Morgan fingerprint density at radius 3 is 2.61 bits per heavy atom. The third kappa shape index (κ3) is 4.54. The Balaban J connectivity index is 2.03. The molecule has 0 saturated carbocycles. The smallest absolute Gasteiger partial charge is 0.242 e. The van der Waals surface area contributed by atoms with Crippen LogP contribution >= 0.6 is 0 Å². The normalized spacial score (nSPS) is 13.2. The number of anilines is 1. The van der Waals surface area contributed by atoms with Gasteiger partial charge in [-0.05, 0) is 38.4 Å². The molecule has 0 aromatic carbocycles. The number of nitrogens with zero attached hydrogens (tertiary/aromatic N) is 2. The fourth-order valence-corrected chi connectivity index (χ4v) is 3.12. The lowest BCUT2D eigenvalue weighted by Crippen LogP contribution is -2.26. The van der Waals surface area contributed by atoms with Crippen molar-refractivity contribution < 1.29 is 12.8 Å². The molecular weight excluding hydrogens is 316 g/mol. The molecule has 0 bridgehead atoms. The van der Waals surface area contributed by atoms with Gasteiger partial charge in [0.2, 0.25) is 10.0 Å². The summed E-state index contributed by atoms with van der Waals surface area (Å²) in [6.07, 6.45) is 2.99. The zero-order valence-electron chi connectivity index (χ0n) is 13.5. The molecule has 0 fully saturated rings. The number of nitrogens with one attached hydrogen (secondary N) is 2. The van der Waals surface area contributed by atoms with Crippen molar-refractivity contribution in [3.8, 4) is 0 Å². The maximum Gasteiger partial charge on any atom is 0.242 e. The van der Waals surface area contributed by atoms with E-state index in [4.69, 9.17) is 4.42 Å². The van der Waals surface area contributed by atoms with Gasteiger partial charge in [0, 0.05) is 19.3 Å². The highest BCUT2D eigenvalue weighted by Gasteiger charge is 2.17. The van der Waals surface area contributed by atoms with Crippen molar-refractivity contribution in [2.75, 3.05) is 32.5 Å². The van der Waals surface area contributed by atoms with E-state index in [2.05, 4.69) is 15.0 Å². The van der Waals surface area contributed by atoms with Gasteiger partial charge in [-0.2, -0.15) is 0 Å². The minimum absolute atomic E-state index is 0.0527. The molecule has 0 radical (unpaired) electrons. The van der Waals surface area contributed by atoms with Crippen LogP contribution in [0.4, 0.5) is 5.82 Å². The van der Waals surface area contributed by atoms with Crippen LogP contribution < -0.4 is 10.0 Å². The third-order valence-corrected chi connectivity index (χ3v) is 4.88. The summed E-state index contributed by atoms with van der Waals surface area (Å²) >= 11 is 0. The maximum atomic E-state index is 11.9. The topological polar surface area (TPSA) is 87.5 Å². The number of hydrogen-bond acceptors (Lipinski definition) is 6. The Morgan fingerprint density at radius 2 is 2.09 bits per heavy atom. The molecule has 8 heteroatoms. The molecule has 2 heterocycles. The van der Waals surface area contributed by atoms with Crippen molar-refractivity contribution >= 4 is 15.8 Å². The maximum absolute atomic E-state index is 11.9. The van der Waals surface area contributed by atoms with Crippen molar-refractivity contribution in [1.29, 1.82) is 0 Å². The molecule has 2 aromatic heterocycles. The van der Waals surface area contributed by atoms with Crippen molar-refractivity contribution in [3.05, 3.63) is 42.5 Å². The van der Waals surface area contributed by atoms with Crippen LogP contribution in [0.2, 0.25) is 0 Å². The van der Waals surface area contributed by atoms with E-state index in [1.165, 1.54) is 12.3 Å². The predicted octanol–water partition coefficient (Wildman–Crippen LogP) is 1.69. The predicted molar refractivity (Wildman–Crippen MR) is 88.7 cm³/mol. The first-order valence-electron chi connectivity index (χ1n) is 7.33. The Hall–Kier alpha value is -1.90. The zero-order chi connectivity index (χ0) is 16.9. The highest BCUT2D eigenvalue weighted by Crippen LogP contribution is 2.19. The molecule has 1 atom stereocenters. The molecule has 0 spiro atoms. The van der Waals surface area contributed by atoms with Crippen LogP contribution in [0.5, 0.6) is 0 Å². The van der Waals surface area contributed by atoms with Gasteiger partial charge in [-0.15, -0.1) is 0 Å². The molecule has 7 nitrogen and oxygen atoms in total. The van der Waals surface area contributed by atoms with Crippen LogP contribution in [0.3, 0.4) is 0 Å². The molecular formula is C15H22N4O3S. The van der Waals surface area contributed by atoms with E-state index in [1.807, 2.05) is 31.1 Å². The molecule has 0 aliphatic heterocycles. The number of rotatable bonds is 8. The Kier molecular flexibility index (Phi) is 5.75. The monoisotopic (exact) mass is 338 g/mol. The minimum Gasteiger partial charge on any atom is -0.468 e. The van der Waals surface area contributed by atoms with Gasteiger partial charge in [0.05, 0.1) is 12.3 Å². The van der Waals surface area contributed by atoms with Crippen LogP contribution in [0.1, 0.15) is 18.7 Å². The van der Waals surface area contributed by atoms with Crippen molar-refractivity contribution in [2.45, 2.75) is 17.9 Å². The second-order valence-corrected chi connectivity index (χ2v) is 7.02. The van der Waals surface area contributed by atoms with Crippen LogP contribution in [-0.4, -0.2) is 45.5 Å². The van der Waals surface area contributed by atoms with Gasteiger partial charge in [0.1, 0.15) is 16.5 Å². The summed E-state index contributed by atoms with van der Waals surface area (Å²) in [5, 5.41) is 3.20. The molecule has 0 amide bonds. The standard InChI is InChI=1S/C15H22N4O3S/c1-4-18-23(20,21)12-7-8-15(16-10-12)17-11-13(19(2)3)14-6-5-9-22-14/h5-10,13,18H,4,11H2,1-3H3,(H,16,17). The number of hydrogen-bond donors (Lipinski definition) is 2. The Morgan fingerprint density at radius 1 is 1.30 bits per heavy atom. The first-order valence-corrected chi connectivity index (χ1v) is 8.81.